The topological polar surface area (TPSA) is 35.5 Å². The maximum Gasteiger partial charge on any atom is 0.331 e. The van der Waals surface area contributed by atoms with E-state index in [0.717, 1.165) is 26.9 Å². The number of hydrogen-bond acceptors (Lipinski definition) is 3. The lowest BCUT2D eigenvalue weighted by molar-refractivity contribution is -0.138. The van der Waals surface area contributed by atoms with Gasteiger partial charge in [-0.25, -0.2) is 4.79 Å². The third kappa shape index (κ3) is 6.55. The molecule has 3 nitrogen and oxygen atoms in total. The third-order valence-electron chi connectivity index (χ3n) is 3.88. The van der Waals surface area contributed by atoms with Gasteiger partial charge in [-0.3, -0.25) is 0 Å². The van der Waals surface area contributed by atoms with Gasteiger partial charge >= 0.3 is 5.97 Å². The summed E-state index contributed by atoms with van der Waals surface area (Å²) in [5, 5.41) is 0.704. The predicted molar refractivity (Wildman–Crippen MR) is 115 cm³/mol. The summed E-state index contributed by atoms with van der Waals surface area (Å²) in [6, 6.07) is 22.7. The lowest BCUT2D eigenvalue weighted by Crippen LogP contribution is -2.00. The zero-order valence-corrected chi connectivity index (χ0v) is 17.3. The van der Waals surface area contributed by atoms with Crippen LogP contribution in [0, 0.1) is 0 Å². The number of halogens is 2. The first-order valence-corrected chi connectivity index (χ1v) is 9.82. The first-order chi connectivity index (χ1) is 13.6. The molecule has 28 heavy (non-hydrogen) atoms. The quantitative estimate of drug-likeness (QED) is 0.302. The van der Waals surface area contributed by atoms with Gasteiger partial charge in [0.1, 0.15) is 19.0 Å². The highest BCUT2D eigenvalue weighted by Crippen LogP contribution is 2.17. The summed E-state index contributed by atoms with van der Waals surface area (Å²) < 4.78 is 11.9. The molecule has 0 saturated carbocycles. The van der Waals surface area contributed by atoms with E-state index in [0.29, 0.717) is 11.6 Å². The minimum absolute atomic E-state index is 0.236. The van der Waals surface area contributed by atoms with Crippen molar-refractivity contribution in [2.75, 3.05) is 0 Å². The molecule has 0 aliphatic rings. The summed E-state index contributed by atoms with van der Waals surface area (Å²) in [6.45, 7) is 0.703. The van der Waals surface area contributed by atoms with Crippen LogP contribution in [-0.4, -0.2) is 5.97 Å². The molecule has 3 aromatic carbocycles. The summed E-state index contributed by atoms with van der Waals surface area (Å²) >= 11 is 9.27. The van der Waals surface area contributed by atoms with Crippen LogP contribution in [0.4, 0.5) is 0 Å². The zero-order valence-electron chi connectivity index (χ0n) is 15.0. The summed E-state index contributed by atoms with van der Waals surface area (Å²) in [5.74, 6) is 0.368. The van der Waals surface area contributed by atoms with Crippen molar-refractivity contribution in [2.45, 2.75) is 13.2 Å². The van der Waals surface area contributed by atoms with E-state index in [1.807, 2.05) is 72.8 Å². The van der Waals surface area contributed by atoms with Crippen LogP contribution in [-0.2, 0) is 22.7 Å². The molecule has 0 aliphatic heterocycles. The summed E-state index contributed by atoms with van der Waals surface area (Å²) in [5.41, 5.74) is 2.86. The Morgan fingerprint density at radius 2 is 1.68 bits per heavy atom. The highest BCUT2D eigenvalue weighted by molar-refractivity contribution is 9.10. The van der Waals surface area contributed by atoms with Crippen LogP contribution in [0.1, 0.15) is 16.7 Å². The number of ether oxygens (including phenoxy) is 2. The van der Waals surface area contributed by atoms with Crippen molar-refractivity contribution in [3.8, 4) is 5.75 Å². The van der Waals surface area contributed by atoms with E-state index in [1.54, 1.807) is 6.08 Å². The Balaban J connectivity index is 1.47. The molecular formula is C23H18BrClO3. The van der Waals surface area contributed by atoms with Crippen LogP contribution >= 0.6 is 27.5 Å². The molecule has 0 atom stereocenters. The highest BCUT2D eigenvalue weighted by Gasteiger charge is 2.01. The second-order valence-electron chi connectivity index (χ2n) is 6.06. The van der Waals surface area contributed by atoms with Gasteiger partial charge < -0.3 is 9.47 Å². The van der Waals surface area contributed by atoms with Crippen molar-refractivity contribution in [3.05, 3.63) is 105 Å². The number of esters is 1. The summed E-state index contributed by atoms with van der Waals surface area (Å²) in [4.78, 5) is 11.9. The molecule has 0 heterocycles. The Kier molecular flexibility index (Phi) is 7.29. The predicted octanol–water partition coefficient (Wildman–Crippen LogP) is 6.44. The molecule has 5 heteroatoms. The van der Waals surface area contributed by atoms with Gasteiger partial charge in [-0.1, -0.05) is 63.9 Å². The van der Waals surface area contributed by atoms with Crippen LogP contribution in [0.15, 0.2) is 83.3 Å². The second kappa shape index (κ2) is 10.1. The van der Waals surface area contributed by atoms with Gasteiger partial charge in [-0.2, -0.15) is 0 Å². The molecule has 0 aromatic heterocycles. The van der Waals surface area contributed by atoms with E-state index in [-0.39, 0.29) is 12.6 Å². The minimum atomic E-state index is -0.386. The normalized spacial score (nSPS) is 10.8. The first kappa shape index (κ1) is 20.2. The van der Waals surface area contributed by atoms with Crippen molar-refractivity contribution in [2.24, 2.45) is 0 Å². The molecule has 3 rings (SSSR count). The maximum absolute atomic E-state index is 11.9. The van der Waals surface area contributed by atoms with Gasteiger partial charge in [0, 0.05) is 15.6 Å². The lowest BCUT2D eigenvalue weighted by Gasteiger charge is -2.06. The maximum atomic E-state index is 11.9. The molecule has 0 spiro atoms. The Labute approximate surface area is 177 Å². The average molecular weight is 458 g/mol. The molecule has 142 valence electrons. The first-order valence-electron chi connectivity index (χ1n) is 8.65. The molecule has 0 bridgehead atoms. The van der Waals surface area contributed by atoms with Gasteiger partial charge in [0.2, 0.25) is 0 Å². The van der Waals surface area contributed by atoms with Crippen molar-refractivity contribution in [1.29, 1.82) is 0 Å². The second-order valence-corrected chi connectivity index (χ2v) is 7.41. The van der Waals surface area contributed by atoms with Crippen molar-refractivity contribution in [3.63, 3.8) is 0 Å². The van der Waals surface area contributed by atoms with Crippen LogP contribution in [0.3, 0.4) is 0 Å². The van der Waals surface area contributed by atoms with Gasteiger partial charge in [0.25, 0.3) is 0 Å². The van der Waals surface area contributed by atoms with Crippen LogP contribution in [0.2, 0.25) is 5.02 Å². The van der Waals surface area contributed by atoms with E-state index in [4.69, 9.17) is 21.1 Å². The molecule has 0 amide bonds. The molecule has 0 N–H and O–H groups in total. The van der Waals surface area contributed by atoms with E-state index >= 15 is 0 Å². The largest absolute Gasteiger partial charge is 0.489 e. The fourth-order valence-electron chi connectivity index (χ4n) is 2.42. The molecule has 0 fully saturated rings. The van der Waals surface area contributed by atoms with E-state index in [2.05, 4.69) is 15.9 Å². The summed E-state index contributed by atoms with van der Waals surface area (Å²) in [6.07, 6.45) is 3.13. The van der Waals surface area contributed by atoms with Crippen molar-refractivity contribution in [1.82, 2.24) is 0 Å². The third-order valence-corrected chi connectivity index (χ3v) is 4.63. The SMILES string of the molecule is O=C(C=Cc1ccc(OCc2ccc(Cl)cc2)cc1)OCc1cccc(Br)c1. The molecule has 0 saturated heterocycles. The number of carbonyl (C=O) groups is 1. The lowest BCUT2D eigenvalue weighted by atomic mass is 10.2. The zero-order chi connectivity index (χ0) is 19.8. The Hall–Kier alpha value is -2.56. The van der Waals surface area contributed by atoms with Crippen LogP contribution in [0.5, 0.6) is 5.75 Å². The van der Waals surface area contributed by atoms with Gasteiger partial charge in [0.15, 0.2) is 0 Å². The molecule has 0 radical (unpaired) electrons. The fourth-order valence-corrected chi connectivity index (χ4v) is 2.99. The number of rotatable bonds is 7. The van der Waals surface area contributed by atoms with Gasteiger partial charge in [-0.05, 0) is 59.2 Å². The van der Waals surface area contributed by atoms with Crippen molar-refractivity contribution >= 4 is 39.6 Å². The minimum Gasteiger partial charge on any atom is -0.489 e. The van der Waals surface area contributed by atoms with Gasteiger partial charge in [0.05, 0.1) is 0 Å². The van der Waals surface area contributed by atoms with Crippen LogP contribution < -0.4 is 4.74 Å². The summed E-state index contributed by atoms with van der Waals surface area (Å²) in [7, 11) is 0. The van der Waals surface area contributed by atoms with E-state index in [9.17, 15) is 4.79 Å². The highest BCUT2D eigenvalue weighted by atomic mass is 79.9. The molecular weight excluding hydrogens is 440 g/mol. The van der Waals surface area contributed by atoms with E-state index < -0.39 is 0 Å². The van der Waals surface area contributed by atoms with Gasteiger partial charge in [-0.15, -0.1) is 0 Å². The monoisotopic (exact) mass is 456 g/mol. The Bertz CT molecular complexity index is 950. The number of hydrogen-bond donors (Lipinski definition) is 0. The fraction of sp³-hybridized carbons (Fsp3) is 0.0870. The smallest absolute Gasteiger partial charge is 0.331 e. The van der Waals surface area contributed by atoms with E-state index in [1.165, 1.54) is 6.08 Å². The average Bonchev–Trinajstić information content (AvgIpc) is 2.71. The molecule has 3 aromatic rings. The molecule has 0 unspecified atom stereocenters. The Morgan fingerprint density at radius 3 is 2.39 bits per heavy atom. The number of benzene rings is 3. The van der Waals surface area contributed by atoms with Crippen molar-refractivity contribution < 1.29 is 14.3 Å². The van der Waals surface area contributed by atoms with Crippen LogP contribution in [0.25, 0.3) is 6.08 Å². The number of carbonyl (C=O) groups excluding carboxylic acids is 1. The molecule has 0 aliphatic carbocycles. The standard InChI is InChI=1S/C23H18BrClO3/c24-20-3-1-2-19(14-20)16-28-23(26)13-8-17-6-11-22(12-7-17)27-15-18-4-9-21(25)10-5-18/h1-14H,15-16H2. The Morgan fingerprint density at radius 1 is 0.929 bits per heavy atom.